The van der Waals surface area contributed by atoms with E-state index in [1.807, 2.05) is 36.1 Å². The molecule has 1 heterocycles. The molecule has 0 bridgehead atoms. The third kappa shape index (κ3) is 3.44. The molecule has 4 nitrogen and oxygen atoms in total. The van der Waals surface area contributed by atoms with E-state index < -0.39 is 6.04 Å². The minimum Gasteiger partial charge on any atom is -0.365 e. The van der Waals surface area contributed by atoms with Crippen LogP contribution in [0.5, 0.6) is 0 Å². The lowest BCUT2D eigenvalue weighted by atomic mass is 10.1. The highest BCUT2D eigenvalue weighted by molar-refractivity contribution is 6.00. The lowest BCUT2D eigenvalue weighted by molar-refractivity contribution is -0.119. The van der Waals surface area contributed by atoms with Crippen molar-refractivity contribution in [2.45, 2.75) is 32.4 Å². The van der Waals surface area contributed by atoms with Crippen LogP contribution in [-0.2, 0) is 11.3 Å². The molecule has 0 saturated carbocycles. The van der Waals surface area contributed by atoms with Gasteiger partial charge in [0, 0.05) is 19.6 Å². The average Bonchev–Trinajstić information content (AvgIpc) is 2.81. The van der Waals surface area contributed by atoms with Crippen LogP contribution in [0.25, 0.3) is 0 Å². The number of carbonyl (C=O) groups excluding carboxylic acids is 1. The molecule has 0 aromatic heterocycles. The molecule has 126 valence electrons. The van der Waals surface area contributed by atoms with Crippen molar-refractivity contribution in [3.8, 4) is 0 Å². The van der Waals surface area contributed by atoms with Gasteiger partial charge in [-0.15, -0.1) is 0 Å². The summed E-state index contributed by atoms with van der Waals surface area (Å²) >= 11 is 0. The summed E-state index contributed by atoms with van der Waals surface area (Å²) in [6.07, 6.45) is 1.59. The van der Waals surface area contributed by atoms with Gasteiger partial charge in [0.2, 0.25) is 5.91 Å². The molecule has 1 aliphatic heterocycles. The molecule has 1 aliphatic rings. The highest BCUT2D eigenvalue weighted by Crippen LogP contribution is 2.33. The summed E-state index contributed by atoms with van der Waals surface area (Å²) in [5.74, 6) is 0.0199. The van der Waals surface area contributed by atoms with Gasteiger partial charge in [0.1, 0.15) is 0 Å². The van der Waals surface area contributed by atoms with E-state index in [9.17, 15) is 4.79 Å². The highest BCUT2D eigenvalue weighted by Gasteiger charge is 2.27. The largest absolute Gasteiger partial charge is 0.365 e. The van der Waals surface area contributed by atoms with E-state index in [-0.39, 0.29) is 5.91 Å². The number of nitrogens with two attached hydrogens (primary N) is 1. The van der Waals surface area contributed by atoms with E-state index >= 15 is 0 Å². The molecule has 2 aromatic carbocycles. The van der Waals surface area contributed by atoms with Gasteiger partial charge in [0.05, 0.1) is 17.4 Å². The van der Waals surface area contributed by atoms with Gasteiger partial charge in [-0.05, 0) is 30.5 Å². The van der Waals surface area contributed by atoms with Crippen molar-refractivity contribution < 1.29 is 4.79 Å². The summed E-state index contributed by atoms with van der Waals surface area (Å²) in [7, 11) is 0. The lowest BCUT2D eigenvalue weighted by Gasteiger charge is -2.28. The third-order valence-corrected chi connectivity index (χ3v) is 4.56. The first-order chi connectivity index (χ1) is 11.7. The summed E-state index contributed by atoms with van der Waals surface area (Å²) in [6, 6.07) is 18.2. The van der Waals surface area contributed by atoms with Crippen LogP contribution in [0, 0.1) is 0 Å². The summed E-state index contributed by atoms with van der Waals surface area (Å²) in [4.78, 5) is 16.9. The summed E-state index contributed by atoms with van der Waals surface area (Å²) in [5, 5.41) is 0. The Balaban J connectivity index is 1.92. The number of para-hydroxylation sites is 2. The highest BCUT2D eigenvalue weighted by atomic mass is 16.2. The second-order valence-electron chi connectivity index (χ2n) is 6.25. The molecule has 0 aliphatic carbocycles. The van der Waals surface area contributed by atoms with Crippen LogP contribution in [0.4, 0.5) is 11.4 Å². The zero-order chi connectivity index (χ0) is 16.9. The smallest absolute Gasteiger partial charge is 0.243 e. The number of amides is 1. The molecule has 0 radical (unpaired) electrons. The summed E-state index contributed by atoms with van der Waals surface area (Å²) in [5.41, 5.74) is 9.36. The monoisotopic (exact) mass is 323 g/mol. The number of hydrogen-bond donors (Lipinski definition) is 1. The first-order valence-electron chi connectivity index (χ1n) is 8.65. The molecule has 2 N–H and O–H groups in total. The van der Waals surface area contributed by atoms with Crippen molar-refractivity contribution in [1.29, 1.82) is 0 Å². The van der Waals surface area contributed by atoms with Crippen molar-refractivity contribution >= 4 is 17.3 Å². The number of hydrogen-bond acceptors (Lipinski definition) is 3. The van der Waals surface area contributed by atoms with Crippen LogP contribution in [0.3, 0.4) is 0 Å². The number of rotatable bonds is 4. The average molecular weight is 323 g/mol. The SMILES string of the molecule is CC[C@H](N)C(=O)N1CCCN(Cc2ccccc2)c2ccccc21. The third-order valence-electron chi connectivity index (χ3n) is 4.56. The van der Waals surface area contributed by atoms with E-state index in [2.05, 4.69) is 35.2 Å². The maximum Gasteiger partial charge on any atom is 0.243 e. The van der Waals surface area contributed by atoms with E-state index in [1.165, 1.54) is 5.56 Å². The van der Waals surface area contributed by atoms with Gasteiger partial charge in [0.25, 0.3) is 0 Å². The minimum absolute atomic E-state index is 0.0199. The molecule has 0 spiro atoms. The molecular formula is C20H25N3O. The van der Waals surface area contributed by atoms with Crippen LogP contribution in [0.2, 0.25) is 0 Å². The molecule has 0 saturated heterocycles. The Morgan fingerprint density at radius 1 is 1.04 bits per heavy atom. The Morgan fingerprint density at radius 2 is 1.71 bits per heavy atom. The number of fused-ring (bicyclic) bond motifs is 1. The van der Waals surface area contributed by atoms with Gasteiger partial charge in [0.15, 0.2) is 0 Å². The number of anilines is 2. The van der Waals surface area contributed by atoms with Gasteiger partial charge in [-0.1, -0.05) is 49.4 Å². The zero-order valence-electron chi connectivity index (χ0n) is 14.2. The van der Waals surface area contributed by atoms with Crippen molar-refractivity contribution in [2.24, 2.45) is 5.73 Å². The van der Waals surface area contributed by atoms with Gasteiger partial charge in [-0.2, -0.15) is 0 Å². The van der Waals surface area contributed by atoms with Crippen LogP contribution in [-0.4, -0.2) is 25.0 Å². The normalized spacial score (nSPS) is 15.6. The van der Waals surface area contributed by atoms with Crippen LogP contribution in [0.1, 0.15) is 25.3 Å². The number of carbonyl (C=O) groups is 1. The van der Waals surface area contributed by atoms with E-state index in [1.54, 1.807) is 0 Å². The second kappa shape index (κ2) is 7.49. The predicted octanol–water partition coefficient (Wildman–Crippen LogP) is 3.17. The number of nitrogens with zero attached hydrogens (tertiary/aromatic N) is 2. The number of benzene rings is 2. The first-order valence-corrected chi connectivity index (χ1v) is 8.65. The topological polar surface area (TPSA) is 49.6 Å². The van der Waals surface area contributed by atoms with Crippen molar-refractivity contribution in [2.75, 3.05) is 22.9 Å². The molecule has 0 unspecified atom stereocenters. The standard InChI is InChI=1S/C20H25N3O/c1-2-17(21)20(24)23-14-8-13-22(15-16-9-4-3-5-10-16)18-11-6-7-12-19(18)23/h3-7,9-12,17H,2,8,13-15,21H2,1H3/t17-/m0/s1. The fraction of sp³-hybridized carbons (Fsp3) is 0.350. The molecule has 3 rings (SSSR count). The molecule has 0 fully saturated rings. The maximum atomic E-state index is 12.7. The molecular weight excluding hydrogens is 298 g/mol. The Bertz CT molecular complexity index is 686. The fourth-order valence-corrected chi connectivity index (χ4v) is 3.19. The Hall–Kier alpha value is -2.33. The first kappa shape index (κ1) is 16.5. The summed E-state index contributed by atoms with van der Waals surface area (Å²) in [6.45, 7) is 4.44. The van der Waals surface area contributed by atoms with E-state index in [0.29, 0.717) is 6.42 Å². The van der Waals surface area contributed by atoms with Gasteiger partial charge in [-0.3, -0.25) is 4.79 Å². The Labute approximate surface area is 143 Å². The van der Waals surface area contributed by atoms with E-state index in [0.717, 1.165) is 37.4 Å². The van der Waals surface area contributed by atoms with Crippen LogP contribution in [0.15, 0.2) is 54.6 Å². The maximum absolute atomic E-state index is 12.7. The molecule has 1 atom stereocenters. The summed E-state index contributed by atoms with van der Waals surface area (Å²) < 4.78 is 0. The Morgan fingerprint density at radius 3 is 2.42 bits per heavy atom. The molecule has 4 heteroatoms. The minimum atomic E-state index is -0.432. The lowest BCUT2D eigenvalue weighted by Crippen LogP contribution is -2.43. The predicted molar refractivity (Wildman–Crippen MR) is 99.2 cm³/mol. The van der Waals surface area contributed by atoms with Crippen molar-refractivity contribution in [3.63, 3.8) is 0 Å². The zero-order valence-corrected chi connectivity index (χ0v) is 14.2. The van der Waals surface area contributed by atoms with Crippen molar-refractivity contribution in [1.82, 2.24) is 0 Å². The molecule has 24 heavy (non-hydrogen) atoms. The molecule has 2 aromatic rings. The van der Waals surface area contributed by atoms with Crippen molar-refractivity contribution in [3.05, 3.63) is 60.2 Å². The van der Waals surface area contributed by atoms with Gasteiger partial charge < -0.3 is 15.5 Å². The quantitative estimate of drug-likeness (QED) is 0.940. The molecule has 1 amide bonds. The van der Waals surface area contributed by atoms with Crippen LogP contribution < -0.4 is 15.5 Å². The fourth-order valence-electron chi connectivity index (χ4n) is 3.19. The van der Waals surface area contributed by atoms with E-state index in [4.69, 9.17) is 5.73 Å². The second-order valence-corrected chi connectivity index (χ2v) is 6.25. The van der Waals surface area contributed by atoms with Gasteiger partial charge in [-0.25, -0.2) is 0 Å². The van der Waals surface area contributed by atoms with Crippen LogP contribution >= 0.6 is 0 Å². The van der Waals surface area contributed by atoms with Gasteiger partial charge >= 0.3 is 0 Å². The Kier molecular flexibility index (Phi) is 5.16.